The van der Waals surface area contributed by atoms with E-state index in [0.29, 0.717) is 41.6 Å². The summed E-state index contributed by atoms with van der Waals surface area (Å²) in [5.41, 5.74) is 1.98. The van der Waals surface area contributed by atoms with Crippen LogP contribution in [0.2, 0.25) is 0 Å². The number of furan rings is 1. The molecule has 0 bridgehead atoms. The molecule has 0 saturated carbocycles. The van der Waals surface area contributed by atoms with Crippen LogP contribution in [0.5, 0.6) is 11.5 Å². The van der Waals surface area contributed by atoms with E-state index in [1.807, 2.05) is 36.1 Å². The van der Waals surface area contributed by atoms with Gasteiger partial charge in [-0.1, -0.05) is 25.1 Å². The number of carbonyl (C=O) groups excluding carboxylic acids is 2. The number of anilines is 1. The Bertz CT molecular complexity index is 1100. The van der Waals surface area contributed by atoms with Crippen molar-refractivity contribution in [1.82, 2.24) is 10.2 Å². The Morgan fingerprint density at radius 2 is 1.76 bits per heavy atom. The van der Waals surface area contributed by atoms with Crippen molar-refractivity contribution < 1.29 is 23.5 Å². The molecule has 0 atom stereocenters. The fraction of sp³-hybridized carbons (Fsp3) is 0.308. The summed E-state index contributed by atoms with van der Waals surface area (Å²) in [6.45, 7) is 3.72. The van der Waals surface area contributed by atoms with E-state index < -0.39 is 0 Å². The summed E-state index contributed by atoms with van der Waals surface area (Å²) in [5, 5.41) is 2.84. The van der Waals surface area contributed by atoms with Gasteiger partial charge in [0.15, 0.2) is 11.5 Å². The summed E-state index contributed by atoms with van der Waals surface area (Å²) < 4.78 is 16.0. The Morgan fingerprint density at radius 3 is 2.44 bits per heavy atom. The van der Waals surface area contributed by atoms with Crippen LogP contribution in [0.25, 0.3) is 0 Å². The molecule has 1 N–H and O–H groups in total. The van der Waals surface area contributed by atoms with Crippen LogP contribution in [0.15, 0.2) is 65.3 Å². The van der Waals surface area contributed by atoms with Crippen molar-refractivity contribution in [3.05, 3.63) is 77.7 Å². The van der Waals surface area contributed by atoms with E-state index in [1.54, 1.807) is 57.9 Å². The number of likely N-dealkylation sites (N-methyl/N-ethyl adjacent to an activating group) is 2. The van der Waals surface area contributed by atoms with Gasteiger partial charge in [0.1, 0.15) is 5.76 Å². The Balaban J connectivity index is 1.68. The summed E-state index contributed by atoms with van der Waals surface area (Å²) in [4.78, 5) is 29.5. The highest BCUT2D eigenvalue weighted by Gasteiger charge is 2.20. The van der Waals surface area contributed by atoms with Gasteiger partial charge in [0, 0.05) is 13.6 Å². The lowest BCUT2D eigenvalue weighted by Crippen LogP contribution is -2.39. The van der Waals surface area contributed by atoms with Crippen molar-refractivity contribution in [2.24, 2.45) is 0 Å². The molecule has 0 unspecified atom stereocenters. The second kappa shape index (κ2) is 11.9. The summed E-state index contributed by atoms with van der Waals surface area (Å²) in [6.07, 6.45) is 1.56. The van der Waals surface area contributed by atoms with Gasteiger partial charge >= 0.3 is 0 Å². The third-order valence-corrected chi connectivity index (χ3v) is 5.55. The highest BCUT2D eigenvalue weighted by Crippen LogP contribution is 2.28. The summed E-state index contributed by atoms with van der Waals surface area (Å²) >= 11 is 0. The van der Waals surface area contributed by atoms with Gasteiger partial charge in [-0.05, 0) is 48.5 Å². The Morgan fingerprint density at radius 1 is 1.00 bits per heavy atom. The number of methoxy groups -OCH3 is 2. The van der Waals surface area contributed by atoms with Crippen LogP contribution in [0.1, 0.15) is 28.6 Å². The Labute approximate surface area is 200 Å². The summed E-state index contributed by atoms with van der Waals surface area (Å²) in [5.74, 6) is 1.57. The predicted molar refractivity (Wildman–Crippen MR) is 130 cm³/mol. The van der Waals surface area contributed by atoms with E-state index in [2.05, 4.69) is 5.32 Å². The zero-order chi connectivity index (χ0) is 24.5. The molecule has 8 heteroatoms. The molecule has 8 nitrogen and oxygen atoms in total. The van der Waals surface area contributed by atoms with Gasteiger partial charge in [-0.2, -0.15) is 0 Å². The van der Waals surface area contributed by atoms with Crippen molar-refractivity contribution >= 4 is 17.5 Å². The van der Waals surface area contributed by atoms with Crippen molar-refractivity contribution in [3.8, 4) is 11.5 Å². The molecule has 0 saturated heterocycles. The number of benzene rings is 2. The number of hydrogen-bond donors (Lipinski definition) is 1. The first-order chi connectivity index (χ1) is 16.5. The third-order valence-electron chi connectivity index (χ3n) is 5.55. The number of nitrogens with one attached hydrogen (secondary N) is 1. The first-order valence-corrected chi connectivity index (χ1v) is 11.1. The number of amides is 2. The molecule has 2 amide bonds. The topological polar surface area (TPSA) is 84.3 Å². The summed E-state index contributed by atoms with van der Waals surface area (Å²) in [7, 11) is 4.88. The lowest BCUT2D eigenvalue weighted by Gasteiger charge is -2.25. The van der Waals surface area contributed by atoms with Gasteiger partial charge in [0.25, 0.3) is 5.91 Å². The molecule has 0 aliphatic rings. The molecule has 0 fully saturated rings. The van der Waals surface area contributed by atoms with Gasteiger partial charge < -0.3 is 24.1 Å². The number of hydrogen-bond acceptors (Lipinski definition) is 6. The highest BCUT2D eigenvalue weighted by molar-refractivity contribution is 6.04. The first-order valence-electron chi connectivity index (χ1n) is 11.1. The molecule has 3 aromatic rings. The van der Waals surface area contributed by atoms with E-state index in [4.69, 9.17) is 13.9 Å². The third kappa shape index (κ3) is 6.17. The van der Waals surface area contributed by atoms with Crippen LogP contribution in [0, 0.1) is 0 Å². The number of para-hydroxylation sites is 1. The zero-order valence-electron chi connectivity index (χ0n) is 20.0. The molecule has 3 rings (SSSR count). The molecular weight excluding hydrogens is 434 g/mol. The van der Waals surface area contributed by atoms with Crippen LogP contribution in [0.3, 0.4) is 0 Å². The maximum Gasteiger partial charge on any atom is 0.253 e. The molecule has 180 valence electrons. The van der Waals surface area contributed by atoms with Crippen LogP contribution in [-0.4, -0.2) is 51.1 Å². The molecule has 1 heterocycles. The maximum absolute atomic E-state index is 13.1. The number of nitrogens with zero attached hydrogens (tertiary/aromatic N) is 2. The van der Waals surface area contributed by atoms with E-state index in [-0.39, 0.29) is 24.9 Å². The second-order valence-electron chi connectivity index (χ2n) is 7.72. The van der Waals surface area contributed by atoms with Crippen LogP contribution < -0.4 is 19.7 Å². The van der Waals surface area contributed by atoms with Crippen molar-refractivity contribution in [2.75, 3.05) is 39.3 Å². The quantitative estimate of drug-likeness (QED) is 0.465. The zero-order valence-corrected chi connectivity index (χ0v) is 20.0. The predicted octanol–water partition coefficient (Wildman–Crippen LogP) is 3.71. The number of carbonyl (C=O) groups is 2. The van der Waals surface area contributed by atoms with E-state index in [1.165, 1.54) is 4.90 Å². The standard InChI is InChI=1S/C26H31N3O5/c1-5-29(17-19-12-13-23(32-3)24(15-19)33-4)18-25(30)28(2)22-11-7-6-10-21(22)26(31)27-16-20-9-8-14-34-20/h6-15H,5,16-18H2,1-4H3,(H,27,31). The van der Waals surface area contributed by atoms with Crippen molar-refractivity contribution in [1.29, 1.82) is 0 Å². The molecule has 0 aliphatic heterocycles. The molecular formula is C26H31N3O5. The minimum absolute atomic E-state index is 0.117. The minimum Gasteiger partial charge on any atom is -0.493 e. The fourth-order valence-corrected chi connectivity index (χ4v) is 3.58. The maximum atomic E-state index is 13.1. The van der Waals surface area contributed by atoms with Gasteiger partial charge in [0.2, 0.25) is 5.91 Å². The number of rotatable bonds is 11. The van der Waals surface area contributed by atoms with E-state index >= 15 is 0 Å². The first kappa shape index (κ1) is 24.9. The second-order valence-corrected chi connectivity index (χ2v) is 7.72. The SMILES string of the molecule is CCN(CC(=O)N(C)c1ccccc1C(=O)NCc1ccco1)Cc1ccc(OC)c(OC)c1. The molecule has 0 radical (unpaired) electrons. The summed E-state index contributed by atoms with van der Waals surface area (Å²) in [6, 6.07) is 16.3. The minimum atomic E-state index is -0.274. The fourth-order valence-electron chi connectivity index (χ4n) is 3.58. The molecule has 1 aromatic heterocycles. The van der Waals surface area contributed by atoms with E-state index in [9.17, 15) is 9.59 Å². The van der Waals surface area contributed by atoms with Gasteiger partial charge in [0.05, 0.1) is 44.8 Å². The monoisotopic (exact) mass is 465 g/mol. The smallest absolute Gasteiger partial charge is 0.253 e. The van der Waals surface area contributed by atoms with Crippen LogP contribution >= 0.6 is 0 Å². The average Bonchev–Trinajstić information content (AvgIpc) is 3.40. The normalized spacial score (nSPS) is 10.7. The van der Waals surface area contributed by atoms with Gasteiger partial charge in [-0.3, -0.25) is 14.5 Å². The Hall–Kier alpha value is -3.78. The van der Waals surface area contributed by atoms with Crippen molar-refractivity contribution in [3.63, 3.8) is 0 Å². The van der Waals surface area contributed by atoms with Gasteiger partial charge in [-0.15, -0.1) is 0 Å². The van der Waals surface area contributed by atoms with E-state index in [0.717, 1.165) is 5.56 Å². The molecule has 0 aliphatic carbocycles. The largest absolute Gasteiger partial charge is 0.493 e. The lowest BCUT2D eigenvalue weighted by atomic mass is 10.1. The van der Waals surface area contributed by atoms with Crippen LogP contribution in [-0.2, 0) is 17.9 Å². The van der Waals surface area contributed by atoms with Gasteiger partial charge in [-0.25, -0.2) is 0 Å². The van der Waals surface area contributed by atoms with Crippen molar-refractivity contribution in [2.45, 2.75) is 20.0 Å². The molecule has 2 aromatic carbocycles. The Kier molecular flexibility index (Phi) is 8.70. The average molecular weight is 466 g/mol. The molecule has 34 heavy (non-hydrogen) atoms. The van der Waals surface area contributed by atoms with Crippen LogP contribution in [0.4, 0.5) is 5.69 Å². The highest BCUT2D eigenvalue weighted by atomic mass is 16.5. The molecule has 0 spiro atoms. The number of ether oxygens (including phenoxy) is 2. The lowest BCUT2D eigenvalue weighted by molar-refractivity contribution is -0.119.